The van der Waals surface area contributed by atoms with E-state index < -0.39 is 0 Å². The number of hydrogen-bond acceptors (Lipinski definition) is 2. The average molecular weight is 540 g/mol. The summed E-state index contributed by atoms with van der Waals surface area (Å²) in [5.74, 6) is 1.09. The van der Waals surface area contributed by atoms with Crippen LogP contribution in [0.1, 0.15) is 35.4 Å². The number of hydrogen-bond donors (Lipinski definition) is 1. The molecule has 1 N–H and O–H groups in total. The molecule has 2 nitrogen and oxygen atoms in total. The van der Waals surface area contributed by atoms with Gasteiger partial charge in [0.25, 0.3) is 0 Å². The summed E-state index contributed by atoms with van der Waals surface area (Å²) in [5, 5.41) is 4.00. The predicted octanol–water partition coefficient (Wildman–Crippen LogP) is 6.60. The third-order valence-electron chi connectivity index (χ3n) is 7.06. The molecule has 0 aliphatic carbocycles. The van der Waals surface area contributed by atoms with Gasteiger partial charge in [-0.3, -0.25) is 4.90 Å². The Morgan fingerprint density at radius 1 is 0.774 bits per heavy atom. The quantitative estimate of drug-likeness (QED) is 0.380. The first-order valence-corrected chi connectivity index (χ1v) is 12.8. The topological polar surface area (TPSA) is 15.3 Å². The van der Waals surface area contributed by atoms with Crippen LogP contribution in [0.15, 0.2) is 87.8 Å². The molecule has 3 aromatic rings. The fraction of sp³-hybridized carbons (Fsp3) is 0.333. The first-order valence-electron chi connectivity index (χ1n) is 11.2. The zero-order chi connectivity index (χ0) is 21.2. The predicted molar refractivity (Wildman–Crippen MR) is 135 cm³/mol. The third-order valence-corrected chi connectivity index (χ3v) is 8.11. The van der Waals surface area contributed by atoms with Gasteiger partial charge in [-0.25, -0.2) is 0 Å². The Balaban J connectivity index is 1.51. The maximum absolute atomic E-state index is 4.00. The van der Waals surface area contributed by atoms with E-state index in [9.17, 15) is 0 Å². The number of rotatable bonds is 6. The molecule has 6 rings (SSSR count). The van der Waals surface area contributed by atoms with Gasteiger partial charge in [-0.2, -0.15) is 0 Å². The van der Waals surface area contributed by atoms with Crippen molar-refractivity contribution < 1.29 is 0 Å². The Morgan fingerprint density at radius 2 is 1.32 bits per heavy atom. The van der Waals surface area contributed by atoms with Crippen LogP contribution >= 0.6 is 31.9 Å². The van der Waals surface area contributed by atoms with Gasteiger partial charge < -0.3 is 5.32 Å². The van der Waals surface area contributed by atoms with Gasteiger partial charge in [0.2, 0.25) is 0 Å². The van der Waals surface area contributed by atoms with Crippen LogP contribution in [0.25, 0.3) is 0 Å². The smallest absolute Gasteiger partial charge is 0.0361 e. The van der Waals surface area contributed by atoms with Crippen molar-refractivity contribution in [2.75, 3.05) is 13.1 Å². The molecule has 3 aliphatic heterocycles. The molecular formula is C27H28Br2N2. The summed E-state index contributed by atoms with van der Waals surface area (Å²) in [6, 6.07) is 29.7. The number of fused-ring (bicyclic) bond motifs is 3. The zero-order valence-electron chi connectivity index (χ0n) is 17.6. The first kappa shape index (κ1) is 21.4. The van der Waals surface area contributed by atoms with E-state index in [-0.39, 0.29) is 0 Å². The molecular weight excluding hydrogens is 512 g/mol. The monoisotopic (exact) mass is 538 g/mol. The van der Waals surface area contributed by atoms with Gasteiger partial charge in [0, 0.05) is 33.5 Å². The van der Waals surface area contributed by atoms with Gasteiger partial charge in [-0.1, -0.05) is 86.5 Å². The molecule has 3 fully saturated rings. The fourth-order valence-electron chi connectivity index (χ4n) is 5.55. The minimum atomic E-state index is 0.345. The lowest BCUT2D eigenvalue weighted by Crippen LogP contribution is -2.64. The lowest BCUT2D eigenvalue weighted by molar-refractivity contribution is 0.00468. The molecule has 0 saturated carbocycles. The average Bonchev–Trinajstić information content (AvgIpc) is 2.82. The van der Waals surface area contributed by atoms with Crippen molar-refractivity contribution >= 4 is 31.9 Å². The molecule has 3 heterocycles. The van der Waals surface area contributed by atoms with Gasteiger partial charge in [0.15, 0.2) is 0 Å². The molecule has 0 unspecified atom stereocenters. The standard InChI is InChI=1S/C27H28Br2N2/c28-23-10-6-20(7-11-23)25(21-8-12-24(29)13-9-21)27-26(22-14-16-31(27)17-15-22)30-18-19-4-2-1-3-5-19/h1-13,22,25-27,30H,14-18H2/t26-,27+/m1/s1. The summed E-state index contributed by atoms with van der Waals surface area (Å²) in [5.41, 5.74) is 4.16. The zero-order valence-corrected chi connectivity index (χ0v) is 20.7. The Bertz CT molecular complexity index is 935. The summed E-state index contributed by atoms with van der Waals surface area (Å²) in [6.45, 7) is 3.35. The van der Waals surface area contributed by atoms with E-state index in [1.807, 2.05) is 0 Å². The highest BCUT2D eigenvalue weighted by Crippen LogP contribution is 2.42. The van der Waals surface area contributed by atoms with Gasteiger partial charge in [-0.15, -0.1) is 0 Å². The van der Waals surface area contributed by atoms with E-state index in [0.29, 0.717) is 18.0 Å². The van der Waals surface area contributed by atoms with Crippen LogP contribution in [-0.4, -0.2) is 30.1 Å². The molecule has 2 atom stereocenters. The van der Waals surface area contributed by atoms with E-state index in [2.05, 4.69) is 121 Å². The summed E-state index contributed by atoms with van der Waals surface area (Å²) in [7, 11) is 0. The van der Waals surface area contributed by atoms with Crippen molar-refractivity contribution in [2.45, 2.75) is 37.4 Å². The molecule has 0 radical (unpaired) electrons. The molecule has 3 aromatic carbocycles. The van der Waals surface area contributed by atoms with Crippen molar-refractivity contribution in [3.8, 4) is 0 Å². The maximum atomic E-state index is 4.00. The van der Waals surface area contributed by atoms with Crippen molar-refractivity contribution in [1.29, 1.82) is 0 Å². The Morgan fingerprint density at radius 3 is 1.87 bits per heavy atom. The van der Waals surface area contributed by atoms with Crippen LogP contribution in [0.4, 0.5) is 0 Å². The minimum Gasteiger partial charge on any atom is -0.308 e. The number of piperidine rings is 3. The Hall–Kier alpha value is -1.46. The largest absolute Gasteiger partial charge is 0.308 e. The van der Waals surface area contributed by atoms with E-state index in [1.54, 1.807) is 0 Å². The summed E-state index contributed by atoms with van der Waals surface area (Å²) in [4.78, 5) is 2.75. The highest BCUT2D eigenvalue weighted by atomic mass is 79.9. The van der Waals surface area contributed by atoms with Crippen LogP contribution in [0.3, 0.4) is 0 Å². The van der Waals surface area contributed by atoms with Gasteiger partial charge in [-0.05, 0) is 72.8 Å². The van der Waals surface area contributed by atoms with Crippen LogP contribution in [0.2, 0.25) is 0 Å². The highest BCUT2D eigenvalue weighted by molar-refractivity contribution is 9.10. The minimum absolute atomic E-state index is 0.345. The maximum Gasteiger partial charge on any atom is 0.0361 e. The van der Waals surface area contributed by atoms with Crippen molar-refractivity contribution in [3.63, 3.8) is 0 Å². The number of nitrogens with one attached hydrogen (secondary N) is 1. The fourth-order valence-corrected chi connectivity index (χ4v) is 6.08. The number of halogens is 2. The van der Waals surface area contributed by atoms with Crippen molar-refractivity contribution in [3.05, 3.63) is 104 Å². The van der Waals surface area contributed by atoms with Crippen LogP contribution in [0.5, 0.6) is 0 Å². The second kappa shape index (κ2) is 9.58. The second-order valence-corrected chi connectivity index (χ2v) is 10.7. The van der Waals surface area contributed by atoms with Gasteiger partial charge >= 0.3 is 0 Å². The molecule has 4 heteroatoms. The van der Waals surface area contributed by atoms with E-state index >= 15 is 0 Å². The molecule has 3 aliphatic rings. The molecule has 31 heavy (non-hydrogen) atoms. The lowest BCUT2D eigenvalue weighted by Gasteiger charge is -2.54. The first-order chi connectivity index (χ1) is 15.2. The number of nitrogens with zero attached hydrogens (tertiary/aromatic N) is 1. The molecule has 0 aromatic heterocycles. The van der Waals surface area contributed by atoms with Crippen molar-refractivity contribution in [2.24, 2.45) is 5.92 Å². The molecule has 3 saturated heterocycles. The van der Waals surface area contributed by atoms with Crippen LogP contribution < -0.4 is 5.32 Å². The van der Waals surface area contributed by atoms with Gasteiger partial charge in [0.05, 0.1) is 0 Å². The molecule has 0 spiro atoms. The van der Waals surface area contributed by atoms with Crippen molar-refractivity contribution in [1.82, 2.24) is 10.2 Å². The Labute approximate surface area is 202 Å². The Kier molecular flexibility index (Phi) is 6.61. The number of benzene rings is 3. The van der Waals surface area contributed by atoms with Crippen LogP contribution in [0, 0.1) is 5.92 Å². The lowest BCUT2D eigenvalue weighted by atomic mass is 9.70. The molecule has 2 bridgehead atoms. The summed E-state index contributed by atoms with van der Waals surface area (Å²) in [6.07, 6.45) is 2.60. The summed E-state index contributed by atoms with van der Waals surface area (Å²) >= 11 is 7.25. The molecule has 160 valence electrons. The van der Waals surface area contributed by atoms with Gasteiger partial charge in [0.1, 0.15) is 0 Å². The third kappa shape index (κ3) is 4.68. The van der Waals surface area contributed by atoms with Crippen LogP contribution in [-0.2, 0) is 6.54 Å². The van der Waals surface area contributed by atoms with E-state index in [4.69, 9.17) is 0 Å². The molecule has 0 amide bonds. The SMILES string of the molecule is Brc1ccc(C(c2ccc(Br)cc2)[C@H]2[C@H](NCc3ccccc3)C3CCN2CC3)cc1. The van der Waals surface area contributed by atoms with E-state index in [0.717, 1.165) is 21.4 Å². The van der Waals surface area contributed by atoms with E-state index in [1.165, 1.54) is 42.6 Å². The summed E-state index contributed by atoms with van der Waals surface area (Å²) < 4.78 is 2.27. The normalized spacial score (nSPS) is 25.1. The second-order valence-electron chi connectivity index (χ2n) is 8.84. The highest BCUT2D eigenvalue weighted by Gasteiger charge is 2.46.